The first-order valence-corrected chi connectivity index (χ1v) is 10.8. The van der Waals surface area contributed by atoms with Gasteiger partial charge in [-0.25, -0.2) is 0 Å². The molecule has 0 bridgehead atoms. The maximum atomic E-state index is 13.0. The molecule has 29 heavy (non-hydrogen) atoms. The number of aromatic hydroxyl groups is 2. The zero-order valence-electron chi connectivity index (χ0n) is 14.3. The third-order valence-corrected chi connectivity index (χ3v) is 6.99. The van der Waals surface area contributed by atoms with Crippen LogP contribution in [0, 0.1) is 0 Å². The Kier molecular flexibility index (Phi) is 5.98. The number of halogens is 4. The molecule has 0 aliphatic heterocycles. The number of phenols is 2. The minimum Gasteiger partial charge on any atom is -0.506 e. The lowest BCUT2D eigenvalue weighted by molar-refractivity contribution is 0.439. The van der Waals surface area contributed by atoms with Gasteiger partial charge in [-0.1, -0.05) is 70.7 Å². The summed E-state index contributed by atoms with van der Waals surface area (Å²) < 4.78 is 33.9. The number of para-hydroxylation sites is 1. The van der Waals surface area contributed by atoms with Crippen LogP contribution >= 0.6 is 46.4 Å². The van der Waals surface area contributed by atoms with E-state index in [9.17, 15) is 23.2 Å². The van der Waals surface area contributed by atoms with Crippen LogP contribution in [0.25, 0.3) is 0 Å². The number of hydrogen-bond acceptors (Lipinski definition) is 4. The van der Waals surface area contributed by atoms with Crippen molar-refractivity contribution in [1.82, 2.24) is 0 Å². The fraction of sp³-hybridized carbons (Fsp3) is 0.0526. The summed E-state index contributed by atoms with van der Waals surface area (Å²) in [5.41, 5.74) is -0.668. The molecule has 0 saturated heterocycles. The van der Waals surface area contributed by atoms with Crippen molar-refractivity contribution in [2.24, 2.45) is 0 Å². The average Bonchev–Trinajstić information content (AvgIpc) is 2.62. The SMILES string of the molecule is O=S(=O)(O)C(c1cccc(Cl)c1)(c1cccc(Cl)c1O)c1cc(Cl)cc(O)c1Cl. The molecule has 0 aliphatic rings. The maximum Gasteiger partial charge on any atom is 0.283 e. The van der Waals surface area contributed by atoms with Crippen LogP contribution in [0.15, 0.2) is 54.6 Å². The largest absolute Gasteiger partial charge is 0.506 e. The molecule has 3 aromatic rings. The molecule has 0 aromatic heterocycles. The fourth-order valence-corrected chi connectivity index (χ4v) is 5.41. The van der Waals surface area contributed by atoms with Gasteiger partial charge in [-0.15, -0.1) is 0 Å². The summed E-state index contributed by atoms with van der Waals surface area (Å²) in [5, 5.41) is 20.3. The number of rotatable bonds is 4. The summed E-state index contributed by atoms with van der Waals surface area (Å²) >= 11 is 24.4. The second kappa shape index (κ2) is 7.87. The van der Waals surface area contributed by atoms with Crippen LogP contribution in [0.3, 0.4) is 0 Å². The van der Waals surface area contributed by atoms with Gasteiger partial charge >= 0.3 is 0 Å². The summed E-state index contributed by atoms with van der Waals surface area (Å²) in [4.78, 5) is 0. The van der Waals surface area contributed by atoms with Crippen LogP contribution in [0.1, 0.15) is 16.7 Å². The molecule has 0 radical (unpaired) electrons. The van der Waals surface area contributed by atoms with E-state index < -0.39 is 31.4 Å². The molecule has 0 aliphatic carbocycles. The minimum absolute atomic E-state index is 0.0570. The molecule has 1 unspecified atom stereocenters. The van der Waals surface area contributed by atoms with Crippen LogP contribution in [0.4, 0.5) is 0 Å². The van der Waals surface area contributed by atoms with Crippen molar-refractivity contribution in [2.45, 2.75) is 4.75 Å². The molecule has 3 aromatic carbocycles. The third kappa shape index (κ3) is 3.65. The Bertz CT molecular complexity index is 1210. The quantitative estimate of drug-likeness (QED) is 0.311. The van der Waals surface area contributed by atoms with E-state index >= 15 is 0 Å². The molecule has 10 heteroatoms. The Hall–Kier alpha value is -1.67. The molecular weight excluding hydrogens is 482 g/mol. The van der Waals surface area contributed by atoms with Gasteiger partial charge in [0.1, 0.15) is 11.5 Å². The molecule has 152 valence electrons. The van der Waals surface area contributed by atoms with E-state index in [1.807, 2.05) is 0 Å². The first-order chi connectivity index (χ1) is 13.5. The van der Waals surface area contributed by atoms with E-state index in [0.29, 0.717) is 0 Å². The highest BCUT2D eigenvalue weighted by molar-refractivity contribution is 7.87. The van der Waals surface area contributed by atoms with Crippen molar-refractivity contribution in [3.05, 3.63) is 91.4 Å². The molecule has 0 amide bonds. The minimum atomic E-state index is -5.13. The summed E-state index contributed by atoms with van der Waals surface area (Å²) in [6.07, 6.45) is 0. The van der Waals surface area contributed by atoms with Crippen molar-refractivity contribution in [2.75, 3.05) is 0 Å². The van der Waals surface area contributed by atoms with E-state index in [2.05, 4.69) is 0 Å². The summed E-state index contributed by atoms with van der Waals surface area (Å²) in [7, 11) is -5.13. The molecule has 1 atom stereocenters. The van der Waals surface area contributed by atoms with Crippen molar-refractivity contribution in [3.63, 3.8) is 0 Å². The van der Waals surface area contributed by atoms with Gasteiger partial charge in [0.25, 0.3) is 10.1 Å². The van der Waals surface area contributed by atoms with Gasteiger partial charge in [0.05, 0.1) is 10.0 Å². The third-order valence-electron chi connectivity index (χ3n) is 4.38. The lowest BCUT2D eigenvalue weighted by Gasteiger charge is -2.34. The number of phenolic OH excluding ortho intramolecular Hbond substituents is 2. The monoisotopic (exact) mass is 492 g/mol. The first-order valence-electron chi connectivity index (χ1n) is 7.89. The number of benzene rings is 3. The molecule has 0 spiro atoms. The lowest BCUT2D eigenvalue weighted by Crippen LogP contribution is -2.38. The maximum absolute atomic E-state index is 13.0. The predicted octanol–water partition coefficient (Wildman–Crippen LogP) is 5.89. The normalized spacial score (nSPS) is 13.8. The van der Waals surface area contributed by atoms with Gasteiger partial charge < -0.3 is 10.2 Å². The lowest BCUT2D eigenvalue weighted by atomic mass is 9.83. The topological polar surface area (TPSA) is 94.8 Å². The highest BCUT2D eigenvalue weighted by atomic mass is 35.5. The molecule has 3 N–H and O–H groups in total. The smallest absolute Gasteiger partial charge is 0.283 e. The van der Waals surface area contributed by atoms with Gasteiger partial charge in [0.2, 0.25) is 0 Å². The Balaban J connectivity index is 2.65. The molecule has 0 fully saturated rings. The Labute approximate surface area is 186 Å². The molecule has 0 saturated carbocycles. The summed E-state index contributed by atoms with van der Waals surface area (Å²) in [5.74, 6) is -1.13. The van der Waals surface area contributed by atoms with Crippen molar-refractivity contribution in [3.8, 4) is 11.5 Å². The molecular formula is C19H12Cl4O5S. The highest BCUT2D eigenvalue weighted by Gasteiger charge is 2.52. The Morgan fingerprint density at radius 2 is 1.45 bits per heavy atom. The highest BCUT2D eigenvalue weighted by Crippen LogP contribution is 2.52. The van der Waals surface area contributed by atoms with E-state index in [-0.39, 0.29) is 31.8 Å². The molecule has 3 rings (SSSR count). The van der Waals surface area contributed by atoms with Crippen LogP contribution in [0.2, 0.25) is 20.1 Å². The molecule has 5 nitrogen and oxygen atoms in total. The van der Waals surface area contributed by atoms with E-state index in [1.54, 1.807) is 0 Å². The summed E-state index contributed by atoms with van der Waals surface area (Å²) in [6.45, 7) is 0. The number of hydrogen-bond donors (Lipinski definition) is 3. The van der Waals surface area contributed by atoms with E-state index in [0.717, 1.165) is 6.07 Å². The molecule has 0 heterocycles. The fourth-order valence-electron chi connectivity index (χ4n) is 3.22. The summed E-state index contributed by atoms with van der Waals surface area (Å²) in [6, 6.07) is 11.9. The van der Waals surface area contributed by atoms with Gasteiger partial charge in [-0.05, 0) is 29.8 Å². The van der Waals surface area contributed by atoms with Crippen molar-refractivity contribution >= 4 is 56.5 Å². The average molecular weight is 494 g/mol. The Morgan fingerprint density at radius 1 is 0.793 bits per heavy atom. The Morgan fingerprint density at radius 3 is 2.07 bits per heavy atom. The predicted molar refractivity (Wildman–Crippen MR) is 114 cm³/mol. The van der Waals surface area contributed by atoms with E-state index in [4.69, 9.17) is 46.4 Å². The van der Waals surface area contributed by atoms with Crippen LogP contribution < -0.4 is 0 Å². The van der Waals surface area contributed by atoms with Crippen molar-refractivity contribution in [1.29, 1.82) is 0 Å². The van der Waals surface area contributed by atoms with Gasteiger partial charge in [0, 0.05) is 27.2 Å². The second-order valence-electron chi connectivity index (χ2n) is 6.09. The van der Waals surface area contributed by atoms with Gasteiger partial charge in [-0.2, -0.15) is 8.42 Å². The van der Waals surface area contributed by atoms with Crippen LogP contribution in [-0.4, -0.2) is 23.2 Å². The van der Waals surface area contributed by atoms with Crippen molar-refractivity contribution < 1.29 is 23.2 Å². The van der Waals surface area contributed by atoms with Crippen LogP contribution in [-0.2, 0) is 14.9 Å². The zero-order chi connectivity index (χ0) is 21.6. The second-order valence-corrected chi connectivity index (χ2v) is 9.31. The standard InChI is InChI=1S/C19H12Cl4O5S/c20-11-4-1-3-10(7-11)19(29(26,27)28,13-5-2-6-15(22)18(13)25)14-8-12(21)9-16(24)17(14)23/h1-9,24-25H,(H,26,27,28). The van der Waals surface area contributed by atoms with Gasteiger partial charge in [-0.3, -0.25) is 4.55 Å². The first kappa shape index (κ1) is 22.0. The zero-order valence-corrected chi connectivity index (χ0v) is 18.1. The van der Waals surface area contributed by atoms with E-state index in [1.165, 1.54) is 48.5 Å². The van der Waals surface area contributed by atoms with Crippen LogP contribution in [0.5, 0.6) is 11.5 Å². The van der Waals surface area contributed by atoms with Gasteiger partial charge in [0.15, 0.2) is 4.75 Å².